The lowest BCUT2D eigenvalue weighted by Crippen LogP contribution is -2.13. The molecule has 0 aliphatic carbocycles. The quantitative estimate of drug-likeness (QED) is 0.479. The van der Waals surface area contributed by atoms with Gasteiger partial charge >= 0.3 is 12.1 Å². The number of carbonyl (C=O) groups is 3. The summed E-state index contributed by atoms with van der Waals surface area (Å²) in [6, 6.07) is 9.76. The third-order valence-corrected chi connectivity index (χ3v) is 3.25. The molecule has 0 radical (unpaired) electrons. The first-order valence-corrected chi connectivity index (χ1v) is 7.62. The fourth-order valence-electron chi connectivity index (χ4n) is 1.99. The number of methoxy groups -OCH3 is 1. The van der Waals surface area contributed by atoms with E-state index in [1.165, 1.54) is 49.6 Å². The third-order valence-electron chi connectivity index (χ3n) is 3.25. The number of hydrogen-bond donors (Lipinski definition) is 2. The minimum absolute atomic E-state index is 0.134. The van der Waals surface area contributed by atoms with Gasteiger partial charge in [-0.05, 0) is 49.4 Å². The third kappa shape index (κ3) is 4.73. The second-order valence-electron chi connectivity index (χ2n) is 4.99. The summed E-state index contributed by atoms with van der Waals surface area (Å²) in [6.07, 6.45) is -0.833. The first kappa shape index (κ1) is 18.8. The molecule has 2 N–H and O–H groups in total. The van der Waals surface area contributed by atoms with Gasteiger partial charge < -0.3 is 24.6 Å². The van der Waals surface area contributed by atoms with Crippen molar-refractivity contribution in [3.63, 3.8) is 0 Å². The number of rotatable bonds is 5. The summed E-state index contributed by atoms with van der Waals surface area (Å²) in [5, 5.41) is 12.4. The Morgan fingerprint density at radius 2 is 1.69 bits per heavy atom. The first-order chi connectivity index (χ1) is 12.4. The second-order valence-corrected chi connectivity index (χ2v) is 4.99. The SMILES string of the molecule is CCOC(=O)Oc1ccc(C(=O)Nc2ccc(C(=O)OC)cc2O)cc1. The summed E-state index contributed by atoms with van der Waals surface area (Å²) in [5.74, 6) is -1.14. The summed E-state index contributed by atoms with van der Waals surface area (Å²) in [4.78, 5) is 34.9. The molecule has 136 valence electrons. The van der Waals surface area contributed by atoms with E-state index in [1.54, 1.807) is 6.92 Å². The van der Waals surface area contributed by atoms with E-state index < -0.39 is 18.0 Å². The molecule has 0 unspecified atom stereocenters. The molecule has 0 atom stereocenters. The Kier molecular flexibility index (Phi) is 6.15. The number of ether oxygens (including phenoxy) is 3. The molecular weight excluding hydrogens is 342 g/mol. The van der Waals surface area contributed by atoms with Crippen molar-refractivity contribution in [1.82, 2.24) is 0 Å². The summed E-state index contributed by atoms with van der Waals surface area (Å²) in [5.41, 5.74) is 0.565. The number of phenolic OH excluding ortho intramolecular Hbond substituents is 1. The fourth-order valence-corrected chi connectivity index (χ4v) is 1.99. The number of esters is 1. The maximum atomic E-state index is 12.2. The van der Waals surface area contributed by atoms with Crippen LogP contribution in [-0.2, 0) is 9.47 Å². The summed E-state index contributed by atoms with van der Waals surface area (Å²) >= 11 is 0. The Hall–Kier alpha value is -3.55. The highest BCUT2D eigenvalue weighted by atomic mass is 16.7. The Labute approximate surface area is 149 Å². The van der Waals surface area contributed by atoms with Gasteiger partial charge in [-0.1, -0.05) is 0 Å². The lowest BCUT2D eigenvalue weighted by atomic mass is 10.1. The maximum Gasteiger partial charge on any atom is 0.513 e. The lowest BCUT2D eigenvalue weighted by molar-refractivity contribution is 0.0600. The molecule has 0 saturated carbocycles. The average Bonchev–Trinajstić information content (AvgIpc) is 2.63. The number of nitrogens with one attached hydrogen (secondary N) is 1. The van der Waals surface area contributed by atoms with E-state index in [1.807, 2.05) is 0 Å². The van der Waals surface area contributed by atoms with Crippen molar-refractivity contribution < 1.29 is 33.7 Å². The number of phenols is 1. The van der Waals surface area contributed by atoms with Crippen LogP contribution in [0.15, 0.2) is 42.5 Å². The van der Waals surface area contributed by atoms with Crippen LogP contribution in [-0.4, -0.2) is 36.9 Å². The highest BCUT2D eigenvalue weighted by Gasteiger charge is 2.13. The molecule has 8 nitrogen and oxygen atoms in total. The number of benzene rings is 2. The molecule has 0 aliphatic rings. The van der Waals surface area contributed by atoms with Crippen molar-refractivity contribution in [2.24, 2.45) is 0 Å². The van der Waals surface area contributed by atoms with Gasteiger partial charge in [0.25, 0.3) is 5.91 Å². The van der Waals surface area contributed by atoms with E-state index >= 15 is 0 Å². The Balaban J connectivity index is 2.05. The van der Waals surface area contributed by atoms with Crippen molar-refractivity contribution in [2.75, 3.05) is 19.0 Å². The molecule has 2 aromatic carbocycles. The molecule has 26 heavy (non-hydrogen) atoms. The van der Waals surface area contributed by atoms with E-state index in [4.69, 9.17) is 4.74 Å². The molecule has 1 amide bonds. The minimum Gasteiger partial charge on any atom is -0.506 e. The van der Waals surface area contributed by atoms with Crippen LogP contribution in [0.3, 0.4) is 0 Å². The zero-order valence-electron chi connectivity index (χ0n) is 14.1. The number of anilines is 1. The number of hydrogen-bond acceptors (Lipinski definition) is 7. The topological polar surface area (TPSA) is 111 Å². The van der Waals surface area contributed by atoms with E-state index in [9.17, 15) is 19.5 Å². The van der Waals surface area contributed by atoms with E-state index in [-0.39, 0.29) is 34.9 Å². The molecule has 0 fully saturated rings. The molecule has 0 heterocycles. The van der Waals surface area contributed by atoms with Crippen molar-refractivity contribution in [3.8, 4) is 11.5 Å². The van der Waals surface area contributed by atoms with Gasteiger partial charge in [0.1, 0.15) is 11.5 Å². The second kappa shape index (κ2) is 8.52. The monoisotopic (exact) mass is 359 g/mol. The van der Waals surface area contributed by atoms with Gasteiger partial charge in [-0.25, -0.2) is 9.59 Å². The Bertz CT molecular complexity index is 815. The molecule has 0 aromatic heterocycles. The molecule has 0 spiro atoms. The van der Waals surface area contributed by atoms with E-state index in [0.717, 1.165) is 0 Å². The van der Waals surface area contributed by atoms with Crippen LogP contribution >= 0.6 is 0 Å². The zero-order chi connectivity index (χ0) is 19.1. The molecule has 2 aromatic rings. The van der Waals surface area contributed by atoms with Crippen LogP contribution in [0, 0.1) is 0 Å². The smallest absolute Gasteiger partial charge is 0.506 e. The molecule has 0 bridgehead atoms. The predicted octanol–water partition coefficient (Wildman–Crippen LogP) is 2.97. The van der Waals surface area contributed by atoms with Crippen molar-refractivity contribution in [1.29, 1.82) is 0 Å². The van der Waals surface area contributed by atoms with Crippen LogP contribution in [0.25, 0.3) is 0 Å². The van der Waals surface area contributed by atoms with Crippen molar-refractivity contribution in [3.05, 3.63) is 53.6 Å². The molecular formula is C18H17NO7. The standard InChI is InChI=1S/C18H17NO7/c1-3-25-18(23)26-13-7-4-11(5-8-13)16(21)19-14-9-6-12(10-15(14)20)17(22)24-2/h4-10,20H,3H2,1-2H3,(H,19,21). The lowest BCUT2D eigenvalue weighted by Gasteiger charge is -2.09. The van der Waals surface area contributed by atoms with Gasteiger partial charge in [0.15, 0.2) is 0 Å². The number of aromatic hydroxyl groups is 1. The summed E-state index contributed by atoms with van der Waals surface area (Å²) in [6.45, 7) is 1.85. The zero-order valence-corrected chi connectivity index (χ0v) is 14.1. The minimum atomic E-state index is -0.833. The normalized spacial score (nSPS) is 9.92. The molecule has 8 heteroatoms. The van der Waals surface area contributed by atoms with E-state index in [2.05, 4.69) is 14.8 Å². The average molecular weight is 359 g/mol. The Morgan fingerprint density at radius 3 is 2.27 bits per heavy atom. The molecule has 0 aliphatic heterocycles. The molecule has 0 saturated heterocycles. The van der Waals surface area contributed by atoms with Gasteiger partial charge in [-0.15, -0.1) is 0 Å². The van der Waals surface area contributed by atoms with Gasteiger partial charge in [0, 0.05) is 5.56 Å². The molecule has 2 rings (SSSR count). The highest BCUT2D eigenvalue weighted by molar-refractivity contribution is 6.05. The van der Waals surface area contributed by atoms with Crippen molar-refractivity contribution in [2.45, 2.75) is 6.92 Å². The summed E-state index contributed by atoms with van der Waals surface area (Å²) < 4.78 is 14.1. The number of amides is 1. The van der Waals surface area contributed by atoms with Crippen LogP contribution < -0.4 is 10.1 Å². The van der Waals surface area contributed by atoms with Crippen LogP contribution in [0.1, 0.15) is 27.6 Å². The number of carbonyl (C=O) groups excluding carboxylic acids is 3. The van der Waals surface area contributed by atoms with Gasteiger partial charge in [-0.2, -0.15) is 0 Å². The van der Waals surface area contributed by atoms with Gasteiger partial charge in [-0.3, -0.25) is 4.79 Å². The van der Waals surface area contributed by atoms with Crippen molar-refractivity contribution >= 4 is 23.7 Å². The van der Waals surface area contributed by atoms with Crippen LogP contribution in [0.5, 0.6) is 11.5 Å². The highest BCUT2D eigenvalue weighted by Crippen LogP contribution is 2.25. The van der Waals surface area contributed by atoms with E-state index in [0.29, 0.717) is 0 Å². The Morgan fingerprint density at radius 1 is 1.04 bits per heavy atom. The summed E-state index contributed by atoms with van der Waals surface area (Å²) in [7, 11) is 1.23. The fraction of sp³-hybridized carbons (Fsp3) is 0.167. The first-order valence-electron chi connectivity index (χ1n) is 7.62. The predicted molar refractivity (Wildman–Crippen MR) is 91.5 cm³/mol. The van der Waals surface area contributed by atoms with Crippen LogP contribution in [0.4, 0.5) is 10.5 Å². The maximum absolute atomic E-state index is 12.2. The van der Waals surface area contributed by atoms with Gasteiger partial charge in [0.05, 0.1) is 25.0 Å². The van der Waals surface area contributed by atoms with Gasteiger partial charge in [0.2, 0.25) is 0 Å². The largest absolute Gasteiger partial charge is 0.513 e. The van der Waals surface area contributed by atoms with Crippen LogP contribution in [0.2, 0.25) is 0 Å².